The Morgan fingerprint density at radius 1 is 1.12 bits per heavy atom. The van der Waals surface area contributed by atoms with Gasteiger partial charge in [-0.05, 0) is 76.9 Å². The van der Waals surface area contributed by atoms with Gasteiger partial charge in [0.2, 0.25) is 12.7 Å². The van der Waals surface area contributed by atoms with E-state index in [1.807, 2.05) is 51.2 Å². The van der Waals surface area contributed by atoms with Crippen molar-refractivity contribution in [2.45, 2.75) is 45.4 Å². The number of aliphatic hydroxyl groups is 1. The van der Waals surface area contributed by atoms with Crippen LogP contribution in [0.1, 0.15) is 42.6 Å². The van der Waals surface area contributed by atoms with Gasteiger partial charge in [-0.2, -0.15) is 0 Å². The van der Waals surface area contributed by atoms with Gasteiger partial charge in [0.1, 0.15) is 11.9 Å². The van der Waals surface area contributed by atoms with Crippen LogP contribution in [0.25, 0.3) is 0 Å². The van der Waals surface area contributed by atoms with Gasteiger partial charge in [0.05, 0.1) is 18.2 Å². The maximum Gasteiger partial charge on any atom is 0.258 e. The molecule has 0 saturated carbocycles. The summed E-state index contributed by atoms with van der Waals surface area (Å²) in [4.78, 5) is 32.1. The van der Waals surface area contributed by atoms with Gasteiger partial charge in [0.15, 0.2) is 11.5 Å². The number of hydrogen-bond acceptors (Lipinski definition) is 8. The molecule has 0 aromatic heterocycles. The molecule has 2 aliphatic heterocycles. The molecule has 2 aliphatic rings. The highest BCUT2D eigenvalue weighted by Crippen LogP contribution is 2.33. The molecule has 218 valence electrons. The zero-order valence-electron chi connectivity index (χ0n) is 24.2. The van der Waals surface area contributed by atoms with Crippen LogP contribution in [0.15, 0.2) is 36.4 Å². The van der Waals surface area contributed by atoms with Crippen molar-refractivity contribution in [2.75, 3.05) is 59.5 Å². The fourth-order valence-corrected chi connectivity index (χ4v) is 5.02. The average molecular weight is 555 g/mol. The molecule has 0 aliphatic carbocycles. The molecule has 3 atom stereocenters. The van der Waals surface area contributed by atoms with Crippen molar-refractivity contribution >= 4 is 17.5 Å². The van der Waals surface area contributed by atoms with E-state index in [4.69, 9.17) is 14.2 Å². The summed E-state index contributed by atoms with van der Waals surface area (Å²) in [5.41, 5.74) is 2.02. The Morgan fingerprint density at radius 3 is 2.62 bits per heavy atom. The van der Waals surface area contributed by atoms with Crippen molar-refractivity contribution in [3.63, 3.8) is 0 Å². The molecular weight excluding hydrogens is 512 g/mol. The fourth-order valence-electron chi connectivity index (χ4n) is 5.02. The number of anilines is 1. The molecule has 40 heavy (non-hydrogen) atoms. The first-order chi connectivity index (χ1) is 19.1. The van der Waals surface area contributed by atoms with Crippen molar-refractivity contribution < 1.29 is 28.9 Å². The van der Waals surface area contributed by atoms with Gasteiger partial charge in [-0.3, -0.25) is 14.5 Å². The third-order valence-electron chi connectivity index (χ3n) is 7.34. The highest BCUT2D eigenvalue weighted by atomic mass is 16.7. The molecule has 2 aromatic rings. The minimum absolute atomic E-state index is 0.00128. The molecule has 2 heterocycles. The minimum atomic E-state index is -0.364. The largest absolute Gasteiger partial charge is 0.488 e. The topological polar surface area (TPSA) is 104 Å². The lowest BCUT2D eigenvalue weighted by molar-refractivity contribution is -0.116. The van der Waals surface area contributed by atoms with Crippen LogP contribution in [-0.2, 0) is 11.3 Å². The predicted molar refractivity (Wildman–Crippen MR) is 153 cm³/mol. The Bertz CT molecular complexity index is 1190. The molecule has 0 radical (unpaired) electrons. The van der Waals surface area contributed by atoms with E-state index in [0.717, 1.165) is 30.0 Å². The summed E-state index contributed by atoms with van der Waals surface area (Å²) < 4.78 is 17.4. The maximum atomic E-state index is 13.7. The Labute approximate surface area is 236 Å². The number of rotatable bonds is 11. The highest BCUT2D eigenvalue weighted by molar-refractivity contribution is 5.99. The number of nitrogens with one attached hydrogen (secondary N) is 1. The second kappa shape index (κ2) is 13.3. The van der Waals surface area contributed by atoms with E-state index >= 15 is 0 Å². The molecule has 2 aromatic carbocycles. The first-order valence-corrected chi connectivity index (χ1v) is 13.9. The molecule has 2 amide bonds. The number of carbonyl (C=O) groups is 2. The quantitative estimate of drug-likeness (QED) is 0.437. The van der Waals surface area contributed by atoms with Crippen LogP contribution >= 0.6 is 0 Å². The Balaban J connectivity index is 1.51. The van der Waals surface area contributed by atoms with Crippen molar-refractivity contribution in [3.8, 4) is 17.2 Å². The van der Waals surface area contributed by atoms with E-state index < -0.39 is 0 Å². The summed E-state index contributed by atoms with van der Waals surface area (Å²) in [5, 5.41) is 12.8. The number of amides is 2. The molecule has 0 saturated heterocycles. The van der Waals surface area contributed by atoms with E-state index in [1.54, 1.807) is 23.1 Å². The molecular formula is C30H42N4O6. The third-order valence-corrected chi connectivity index (χ3v) is 7.34. The average Bonchev–Trinajstić information content (AvgIpc) is 3.38. The Morgan fingerprint density at radius 2 is 1.88 bits per heavy atom. The third kappa shape index (κ3) is 7.44. The first kappa shape index (κ1) is 29.6. The summed E-state index contributed by atoms with van der Waals surface area (Å²) in [6.45, 7) is 6.56. The van der Waals surface area contributed by atoms with Crippen LogP contribution in [0.3, 0.4) is 0 Å². The zero-order valence-corrected chi connectivity index (χ0v) is 24.2. The second-order valence-electron chi connectivity index (χ2n) is 11.2. The highest BCUT2D eigenvalue weighted by Gasteiger charge is 2.33. The zero-order chi connectivity index (χ0) is 28.8. The minimum Gasteiger partial charge on any atom is -0.488 e. The van der Waals surface area contributed by atoms with Crippen molar-refractivity contribution in [3.05, 3.63) is 47.5 Å². The normalized spacial score (nSPS) is 19.2. The number of nitrogens with zero attached hydrogens (tertiary/aromatic N) is 3. The molecule has 0 unspecified atom stereocenters. The summed E-state index contributed by atoms with van der Waals surface area (Å²) in [6.07, 6.45) is 0.918. The monoisotopic (exact) mass is 554 g/mol. The van der Waals surface area contributed by atoms with Crippen LogP contribution in [0.2, 0.25) is 0 Å². The van der Waals surface area contributed by atoms with Crippen LogP contribution in [0.5, 0.6) is 17.2 Å². The molecule has 0 spiro atoms. The number of likely N-dealkylation sites (N-methyl/N-ethyl adjacent to an activating group) is 1. The number of aliphatic hydroxyl groups excluding tert-OH is 1. The van der Waals surface area contributed by atoms with Crippen molar-refractivity contribution in [1.29, 1.82) is 0 Å². The summed E-state index contributed by atoms with van der Waals surface area (Å²) in [5.74, 6) is 1.66. The lowest BCUT2D eigenvalue weighted by Crippen LogP contribution is -2.49. The molecule has 10 nitrogen and oxygen atoms in total. The number of fused-ring (bicyclic) bond motifs is 2. The van der Waals surface area contributed by atoms with E-state index in [-0.39, 0.29) is 43.3 Å². The van der Waals surface area contributed by atoms with Crippen molar-refractivity contribution in [1.82, 2.24) is 14.7 Å². The molecule has 4 rings (SSSR count). The lowest BCUT2D eigenvalue weighted by Gasteiger charge is -2.38. The smallest absolute Gasteiger partial charge is 0.258 e. The van der Waals surface area contributed by atoms with Gasteiger partial charge in [-0.15, -0.1) is 0 Å². The van der Waals surface area contributed by atoms with E-state index in [1.165, 1.54) is 0 Å². The maximum absolute atomic E-state index is 13.7. The van der Waals surface area contributed by atoms with E-state index in [9.17, 15) is 14.7 Å². The van der Waals surface area contributed by atoms with E-state index in [0.29, 0.717) is 43.1 Å². The lowest BCUT2D eigenvalue weighted by atomic mass is 9.99. The van der Waals surface area contributed by atoms with Gasteiger partial charge in [0, 0.05) is 37.7 Å². The van der Waals surface area contributed by atoms with Gasteiger partial charge in [-0.1, -0.05) is 13.0 Å². The Hall–Kier alpha value is -3.34. The summed E-state index contributed by atoms with van der Waals surface area (Å²) in [6, 6.07) is 10.8. The first-order valence-electron chi connectivity index (χ1n) is 13.9. The number of ether oxygens (including phenoxy) is 3. The van der Waals surface area contributed by atoms with Crippen LogP contribution in [-0.4, -0.2) is 97.9 Å². The van der Waals surface area contributed by atoms with Gasteiger partial charge >= 0.3 is 0 Å². The summed E-state index contributed by atoms with van der Waals surface area (Å²) in [7, 11) is 5.98. The molecule has 0 fully saturated rings. The van der Waals surface area contributed by atoms with Crippen LogP contribution in [0.4, 0.5) is 5.69 Å². The summed E-state index contributed by atoms with van der Waals surface area (Å²) >= 11 is 0. The van der Waals surface area contributed by atoms with Gasteiger partial charge < -0.3 is 34.4 Å². The molecule has 10 heteroatoms. The number of carbonyl (C=O) groups excluding carboxylic acids is 2. The molecule has 2 N–H and O–H groups in total. The van der Waals surface area contributed by atoms with Gasteiger partial charge in [0.25, 0.3) is 5.91 Å². The number of hydrogen-bond donors (Lipinski definition) is 2. The Kier molecular flexibility index (Phi) is 9.89. The van der Waals surface area contributed by atoms with E-state index in [2.05, 4.69) is 17.1 Å². The SMILES string of the molecule is C[C@@H]1CN([C@@H](C)CO)C(=O)c2cc(NC(=O)CCCN(C)C)ccc2O[C@@H]1CN(C)Cc1ccc2c(c1)OCO2. The van der Waals surface area contributed by atoms with Gasteiger partial charge in [-0.25, -0.2) is 0 Å². The number of benzene rings is 2. The predicted octanol–water partition coefficient (Wildman–Crippen LogP) is 3.05. The van der Waals surface area contributed by atoms with Crippen molar-refractivity contribution in [2.24, 2.45) is 5.92 Å². The standard InChI is InChI=1S/C30H42N4O6/c1-20-15-34(21(2)18-35)30(37)24-14-23(31-29(36)7-6-12-32(3)4)9-11-25(24)40-28(20)17-33(5)16-22-8-10-26-27(13-22)39-19-38-26/h8-11,13-14,20-21,28,35H,6-7,12,15-19H2,1-5H3,(H,31,36)/t20-,21+,28-/m1/s1. The molecule has 0 bridgehead atoms. The second-order valence-corrected chi connectivity index (χ2v) is 11.2. The fraction of sp³-hybridized carbons (Fsp3) is 0.533. The van der Waals surface area contributed by atoms with Crippen LogP contribution in [0, 0.1) is 5.92 Å². The van der Waals surface area contributed by atoms with Crippen LogP contribution < -0.4 is 19.5 Å².